The fraction of sp³-hybridized carbons (Fsp3) is 0.0769. The number of nitrogens with zero attached hydrogens (tertiary/aromatic N) is 3. The number of benzene rings is 1. The molecule has 2 rings (SSSR count). The van der Waals surface area contributed by atoms with Gasteiger partial charge < -0.3 is 5.11 Å². The standard InChI is InChI=1S/C13H11N3O3/c1-10-6-7-15(9-14-10)8-13(17)11-2-4-12(5-3-11)16(18)19/h2-9H,1H3/p+1/b13-8-. The molecule has 0 spiro atoms. The van der Waals surface area contributed by atoms with Gasteiger partial charge in [-0.05, 0) is 12.1 Å². The highest BCUT2D eigenvalue weighted by Crippen LogP contribution is 2.16. The number of aromatic nitrogens is 2. The Morgan fingerprint density at radius 1 is 1.37 bits per heavy atom. The summed E-state index contributed by atoms with van der Waals surface area (Å²) in [5.74, 6) is 0.00514. The molecule has 1 N–H and O–H groups in total. The quantitative estimate of drug-likeness (QED) is 0.395. The second-order valence-electron chi connectivity index (χ2n) is 3.97. The summed E-state index contributed by atoms with van der Waals surface area (Å²) in [6, 6.07) is 7.48. The largest absolute Gasteiger partial charge is 0.504 e. The van der Waals surface area contributed by atoms with Gasteiger partial charge in [-0.25, -0.2) is 4.57 Å². The molecule has 0 aliphatic rings. The van der Waals surface area contributed by atoms with E-state index in [0.717, 1.165) is 5.69 Å². The fourth-order valence-electron chi connectivity index (χ4n) is 1.48. The average Bonchev–Trinajstić information content (AvgIpc) is 2.41. The molecule has 0 atom stereocenters. The lowest BCUT2D eigenvalue weighted by molar-refractivity contribution is -0.571. The average molecular weight is 258 g/mol. The van der Waals surface area contributed by atoms with Crippen LogP contribution in [0.15, 0.2) is 42.9 Å². The van der Waals surface area contributed by atoms with Crippen molar-refractivity contribution in [1.82, 2.24) is 4.98 Å². The topological polar surface area (TPSA) is 80.1 Å². The number of aliphatic hydroxyl groups is 1. The first-order valence-corrected chi connectivity index (χ1v) is 5.55. The van der Waals surface area contributed by atoms with Crippen molar-refractivity contribution in [1.29, 1.82) is 0 Å². The maximum absolute atomic E-state index is 10.5. The minimum Gasteiger partial charge on any atom is -0.504 e. The van der Waals surface area contributed by atoms with Crippen LogP contribution in [0.25, 0.3) is 12.0 Å². The van der Waals surface area contributed by atoms with Crippen molar-refractivity contribution in [3.8, 4) is 0 Å². The van der Waals surface area contributed by atoms with Crippen molar-refractivity contribution in [2.75, 3.05) is 0 Å². The van der Waals surface area contributed by atoms with Crippen LogP contribution in [0.1, 0.15) is 11.3 Å². The molecule has 0 amide bonds. The molecule has 0 radical (unpaired) electrons. The summed E-state index contributed by atoms with van der Waals surface area (Å²) in [7, 11) is 0. The summed E-state index contributed by atoms with van der Waals surface area (Å²) in [6.45, 7) is 1.87. The molecule has 0 aliphatic heterocycles. The van der Waals surface area contributed by atoms with Gasteiger partial charge in [0, 0.05) is 30.7 Å². The Hall–Kier alpha value is -2.76. The van der Waals surface area contributed by atoms with Crippen molar-refractivity contribution in [2.24, 2.45) is 0 Å². The van der Waals surface area contributed by atoms with Gasteiger partial charge in [0.25, 0.3) is 12.0 Å². The minimum absolute atomic E-state index is 0.00514. The SMILES string of the molecule is Cc1cc[n+](/C=C(\O)c2ccc([N+](=O)[O-])cc2)cn1. The molecule has 1 aromatic heterocycles. The molecule has 0 aliphatic carbocycles. The summed E-state index contributed by atoms with van der Waals surface area (Å²) >= 11 is 0. The Bertz CT molecular complexity index is 619. The highest BCUT2D eigenvalue weighted by molar-refractivity contribution is 5.66. The molecule has 1 aromatic carbocycles. The van der Waals surface area contributed by atoms with Crippen LogP contribution in [0.2, 0.25) is 0 Å². The van der Waals surface area contributed by atoms with E-state index in [1.165, 1.54) is 30.5 Å². The van der Waals surface area contributed by atoms with Gasteiger partial charge in [0.15, 0.2) is 11.5 Å². The zero-order chi connectivity index (χ0) is 13.8. The number of nitro groups is 1. The van der Waals surface area contributed by atoms with Crippen LogP contribution in [-0.2, 0) is 0 Å². The van der Waals surface area contributed by atoms with E-state index in [4.69, 9.17) is 0 Å². The highest BCUT2D eigenvalue weighted by atomic mass is 16.6. The summed E-state index contributed by atoms with van der Waals surface area (Å²) < 4.78 is 1.60. The van der Waals surface area contributed by atoms with Crippen molar-refractivity contribution in [3.05, 3.63) is 64.2 Å². The van der Waals surface area contributed by atoms with Gasteiger partial charge >= 0.3 is 0 Å². The Kier molecular flexibility index (Phi) is 3.51. The maximum Gasteiger partial charge on any atom is 0.291 e. The predicted octanol–water partition coefficient (Wildman–Crippen LogP) is 2.10. The van der Waals surface area contributed by atoms with Crippen LogP contribution in [0.3, 0.4) is 0 Å². The van der Waals surface area contributed by atoms with E-state index in [2.05, 4.69) is 4.98 Å². The summed E-state index contributed by atoms with van der Waals surface area (Å²) in [4.78, 5) is 14.1. The number of aliphatic hydroxyl groups excluding tert-OH is 1. The molecular formula is C13H12N3O3+. The zero-order valence-electron chi connectivity index (χ0n) is 10.2. The highest BCUT2D eigenvalue weighted by Gasteiger charge is 2.07. The number of nitro benzene ring substituents is 1. The molecule has 6 nitrogen and oxygen atoms in total. The third-order valence-corrected chi connectivity index (χ3v) is 2.53. The first-order chi connectivity index (χ1) is 9.06. The predicted molar refractivity (Wildman–Crippen MR) is 69.1 cm³/mol. The number of rotatable bonds is 3. The van der Waals surface area contributed by atoms with Crippen LogP contribution in [0.4, 0.5) is 5.69 Å². The van der Waals surface area contributed by atoms with Crippen LogP contribution in [-0.4, -0.2) is 15.0 Å². The summed E-state index contributed by atoms with van der Waals surface area (Å²) in [6.07, 6.45) is 4.80. The second kappa shape index (κ2) is 5.26. The van der Waals surface area contributed by atoms with Gasteiger partial charge in [-0.3, -0.25) is 10.1 Å². The third kappa shape index (κ3) is 3.12. The maximum atomic E-state index is 10.5. The summed E-state index contributed by atoms with van der Waals surface area (Å²) in [5.41, 5.74) is 1.36. The number of hydrogen-bond acceptors (Lipinski definition) is 4. The smallest absolute Gasteiger partial charge is 0.291 e. The lowest BCUT2D eigenvalue weighted by Gasteiger charge is -1.99. The van der Waals surface area contributed by atoms with E-state index < -0.39 is 4.92 Å². The molecule has 0 fully saturated rings. The molecule has 0 saturated carbocycles. The van der Waals surface area contributed by atoms with Gasteiger partial charge in [0.05, 0.1) is 11.1 Å². The van der Waals surface area contributed by atoms with Crippen LogP contribution in [0, 0.1) is 17.0 Å². The Morgan fingerprint density at radius 2 is 2.05 bits per heavy atom. The molecule has 19 heavy (non-hydrogen) atoms. The monoisotopic (exact) mass is 258 g/mol. The summed E-state index contributed by atoms with van der Waals surface area (Å²) in [5, 5.41) is 20.4. The first kappa shape index (κ1) is 12.7. The molecule has 0 saturated heterocycles. The van der Waals surface area contributed by atoms with E-state index in [1.807, 2.05) is 6.92 Å². The van der Waals surface area contributed by atoms with Crippen LogP contribution in [0.5, 0.6) is 0 Å². The van der Waals surface area contributed by atoms with Gasteiger partial charge in [-0.15, -0.1) is 0 Å². The van der Waals surface area contributed by atoms with Crippen molar-refractivity contribution < 1.29 is 14.6 Å². The molecule has 6 heteroatoms. The Labute approximate surface area is 109 Å². The molecule has 1 heterocycles. The van der Waals surface area contributed by atoms with Crippen LogP contribution < -0.4 is 4.57 Å². The third-order valence-electron chi connectivity index (χ3n) is 2.53. The molecule has 0 bridgehead atoms. The van der Waals surface area contributed by atoms with E-state index in [1.54, 1.807) is 23.2 Å². The van der Waals surface area contributed by atoms with Gasteiger partial charge in [0.2, 0.25) is 0 Å². The Balaban J connectivity index is 2.25. The van der Waals surface area contributed by atoms with E-state index in [-0.39, 0.29) is 11.4 Å². The molecular weight excluding hydrogens is 246 g/mol. The fourth-order valence-corrected chi connectivity index (χ4v) is 1.48. The minimum atomic E-state index is -0.483. The van der Waals surface area contributed by atoms with Crippen LogP contribution >= 0.6 is 0 Å². The van der Waals surface area contributed by atoms with E-state index in [0.29, 0.717) is 5.56 Å². The second-order valence-corrected chi connectivity index (χ2v) is 3.97. The van der Waals surface area contributed by atoms with Gasteiger partial charge in [-0.1, -0.05) is 4.98 Å². The number of non-ortho nitro benzene ring substituents is 1. The normalized spacial score (nSPS) is 11.3. The number of aryl methyl sites for hydroxylation is 1. The van der Waals surface area contributed by atoms with E-state index >= 15 is 0 Å². The zero-order valence-corrected chi connectivity index (χ0v) is 10.2. The van der Waals surface area contributed by atoms with Gasteiger partial charge in [0.1, 0.15) is 6.20 Å². The van der Waals surface area contributed by atoms with Crippen molar-refractivity contribution in [2.45, 2.75) is 6.92 Å². The lowest BCUT2D eigenvalue weighted by Crippen LogP contribution is -2.26. The molecule has 0 unspecified atom stereocenters. The van der Waals surface area contributed by atoms with Crippen molar-refractivity contribution >= 4 is 17.6 Å². The lowest BCUT2D eigenvalue weighted by atomic mass is 10.2. The van der Waals surface area contributed by atoms with Crippen molar-refractivity contribution in [3.63, 3.8) is 0 Å². The van der Waals surface area contributed by atoms with Gasteiger partial charge in [-0.2, -0.15) is 0 Å². The number of hydrogen-bond donors (Lipinski definition) is 1. The molecule has 96 valence electrons. The molecule has 2 aromatic rings. The van der Waals surface area contributed by atoms with E-state index in [9.17, 15) is 15.2 Å². The first-order valence-electron chi connectivity index (χ1n) is 5.55. The Morgan fingerprint density at radius 3 is 2.58 bits per heavy atom.